The maximum Gasteiger partial charge on any atom is 0.0148 e. The summed E-state index contributed by atoms with van der Waals surface area (Å²) >= 11 is 5.60. The minimum Gasteiger partial charge on any atom is -0.149 e. The van der Waals surface area contributed by atoms with E-state index in [0.717, 1.165) is 10.7 Å². The lowest BCUT2D eigenvalue weighted by atomic mass is 10.0. The molecule has 1 heterocycles. The van der Waals surface area contributed by atoms with Crippen LogP contribution in [0.15, 0.2) is 17.5 Å². The Labute approximate surface area is 92.5 Å². The Morgan fingerprint density at radius 1 is 1.46 bits per heavy atom. The summed E-state index contributed by atoms with van der Waals surface area (Å²) in [5.41, 5.74) is 0. The molecule has 1 saturated carbocycles. The first-order valence-electron chi connectivity index (χ1n) is 5.01. The van der Waals surface area contributed by atoms with Crippen molar-refractivity contribution in [2.24, 2.45) is 5.92 Å². The summed E-state index contributed by atoms with van der Waals surface area (Å²) in [5.74, 6) is 0.978. The lowest BCUT2D eigenvalue weighted by molar-refractivity contribution is 0.507. The molecular weight excluding hydrogens is 244 g/mol. The molecule has 1 aliphatic rings. The lowest BCUT2D eigenvalue weighted by Crippen LogP contribution is -1.96. The van der Waals surface area contributed by atoms with Crippen LogP contribution in [-0.2, 0) is 6.42 Å². The summed E-state index contributed by atoms with van der Waals surface area (Å²) in [6.07, 6.45) is 6.90. The molecule has 1 aliphatic carbocycles. The quantitative estimate of drug-likeness (QED) is 0.712. The molecule has 0 saturated heterocycles. The van der Waals surface area contributed by atoms with Gasteiger partial charge in [-0.25, -0.2) is 0 Å². The van der Waals surface area contributed by atoms with E-state index in [9.17, 15) is 0 Å². The van der Waals surface area contributed by atoms with Crippen molar-refractivity contribution in [2.75, 3.05) is 0 Å². The zero-order chi connectivity index (χ0) is 9.10. The molecule has 2 atom stereocenters. The third kappa shape index (κ3) is 2.81. The molecule has 0 N–H and O–H groups in total. The van der Waals surface area contributed by atoms with Crippen LogP contribution in [-0.4, -0.2) is 4.83 Å². The first-order chi connectivity index (χ1) is 6.34. The molecule has 0 bridgehead atoms. The second-order valence-corrected chi connectivity index (χ2v) is 6.22. The SMILES string of the molecule is BrC1CCC(CCc2cccs2)C1. The summed E-state index contributed by atoms with van der Waals surface area (Å²) in [6.45, 7) is 0. The van der Waals surface area contributed by atoms with Gasteiger partial charge in [0.2, 0.25) is 0 Å². The summed E-state index contributed by atoms with van der Waals surface area (Å²) < 4.78 is 0. The molecule has 2 heteroatoms. The highest BCUT2D eigenvalue weighted by Gasteiger charge is 2.21. The van der Waals surface area contributed by atoms with Gasteiger partial charge in [0.15, 0.2) is 0 Å². The van der Waals surface area contributed by atoms with Gasteiger partial charge in [-0.05, 0) is 49.5 Å². The fourth-order valence-electron chi connectivity index (χ4n) is 2.08. The Morgan fingerprint density at radius 3 is 3.00 bits per heavy atom. The van der Waals surface area contributed by atoms with Crippen LogP contribution in [0.4, 0.5) is 0 Å². The van der Waals surface area contributed by atoms with Crippen LogP contribution in [0.2, 0.25) is 0 Å². The van der Waals surface area contributed by atoms with Gasteiger partial charge >= 0.3 is 0 Å². The molecule has 1 aromatic heterocycles. The molecule has 0 spiro atoms. The van der Waals surface area contributed by atoms with E-state index in [2.05, 4.69) is 33.4 Å². The number of aryl methyl sites for hydroxylation is 1. The van der Waals surface area contributed by atoms with Crippen molar-refractivity contribution < 1.29 is 0 Å². The van der Waals surface area contributed by atoms with E-state index in [0.29, 0.717) is 0 Å². The van der Waals surface area contributed by atoms with Crippen molar-refractivity contribution in [3.63, 3.8) is 0 Å². The van der Waals surface area contributed by atoms with Crippen LogP contribution in [0.25, 0.3) is 0 Å². The molecule has 0 aliphatic heterocycles. The molecule has 1 fully saturated rings. The number of hydrogen-bond acceptors (Lipinski definition) is 1. The topological polar surface area (TPSA) is 0 Å². The lowest BCUT2D eigenvalue weighted by Gasteiger charge is -2.06. The Kier molecular flexibility index (Phi) is 3.45. The number of hydrogen-bond donors (Lipinski definition) is 0. The van der Waals surface area contributed by atoms with Gasteiger partial charge in [-0.1, -0.05) is 22.0 Å². The van der Waals surface area contributed by atoms with E-state index in [1.54, 1.807) is 4.88 Å². The van der Waals surface area contributed by atoms with E-state index in [-0.39, 0.29) is 0 Å². The minimum absolute atomic E-state index is 0.806. The first-order valence-corrected chi connectivity index (χ1v) is 6.80. The highest BCUT2D eigenvalue weighted by molar-refractivity contribution is 9.09. The molecule has 0 nitrogen and oxygen atoms in total. The molecule has 72 valence electrons. The van der Waals surface area contributed by atoms with Crippen LogP contribution in [0, 0.1) is 5.92 Å². The fourth-order valence-corrected chi connectivity index (χ4v) is 3.60. The average Bonchev–Trinajstić information content (AvgIpc) is 2.71. The van der Waals surface area contributed by atoms with Gasteiger partial charge in [0.1, 0.15) is 0 Å². The van der Waals surface area contributed by atoms with Gasteiger partial charge in [-0.2, -0.15) is 0 Å². The van der Waals surface area contributed by atoms with E-state index >= 15 is 0 Å². The molecule has 0 amide bonds. The van der Waals surface area contributed by atoms with Gasteiger partial charge < -0.3 is 0 Å². The highest BCUT2D eigenvalue weighted by Crippen LogP contribution is 2.33. The third-order valence-corrected chi connectivity index (χ3v) is 4.62. The van der Waals surface area contributed by atoms with Gasteiger partial charge in [0.05, 0.1) is 0 Å². The highest BCUT2D eigenvalue weighted by atomic mass is 79.9. The Balaban J connectivity index is 1.74. The molecular formula is C11H15BrS. The standard InChI is InChI=1S/C11H15BrS/c12-10-5-3-9(8-10)4-6-11-2-1-7-13-11/h1-2,7,9-10H,3-6,8H2. The molecule has 2 rings (SSSR count). The summed E-state index contributed by atoms with van der Waals surface area (Å²) in [7, 11) is 0. The second kappa shape index (κ2) is 4.61. The Hall–Kier alpha value is 0.180. The van der Waals surface area contributed by atoms with Crippen molar-refractivity contribution in [1.82, 2.24) is 0 Å². The Morgan fingerprint density at radius 2 is 2.38 bits per heavy atom. The molecule has 0 aromatic carbocycles. The van der Waals surface area contributed by atoms with Crippen LogP contribution in [0.5, 0.6) is 0 Å². The van der Waals surface area contributed by atoms with Crippen LogP contribution in [0.1, 0.15) is 30.6 Å². The molecule has 0 radical (unpaired) electrons. The van der Waals surface area contributed by atoms with E-state index in [1.807, 2.05) is 11.3 Å². The molecule has 1 aromatic rings. The van der Waals surface area contributed by atoms with Gasteiger partial charge in [-0.3, -0.25) is 0 Å². The van der Waals surface area contributed by atoms with Crippen molar-refractivity contribution in [3.05, 3.63) is 22.4 Å². The molecule has 13 heavy (non-hydrogen) atoms. The monoisotopic (exact) mass is 258 g/mol. The third-order valence-electron chi connectivity index (χ3n) is 2.86. The predicted octanol–water partition coefficient (Wildman–Crippen LogP) is 4.24. The van der Waals surface area contributed by atoms with Crippen molar-refractivity contribution in [3.8, 4) is 0 Å². The van der Waals surface area contributed by atoms with Crippen molar-refractivity contribution in [2.45, 2.75) is 36.9 Å². The number of thiophene rings is 1. The van der Waals surface area contributed by atoms with Crippen LogP contribution in [0.3, 0.4) is 0 Å². The summed E-state index contributed by atoms with van der Waals surface area (Å²) in [5, 5.41) is 2.18. The first kappa shape index (κ1) is 9.72. The average molecular weight is 259 g/mol. The fraction of sp³-hybridized carbons (Fsp3) is 0.636. The number of rotatable bonds is 3. The zero-order valence-electron chi connectivity index (χ0n) is 7.71. The summed E-state index contributed by atoms with van der Waals surface area (Å²) in [4.78, 5) is 2.36. The van der Waals surface area contributed by atoms with Crippen LogP contribution < -0.4 is 0 Å². The van der Waals surface area contributed by atoms with E-state index < -0.39 is 0 Å². The Bertz CT molecular complexity index is 243. The number of halogens is 1. The van der Waals surface area contributed by atoms with Gasteiger partial charge in [-0.15, -0.1) is 11.3 Å². The second-order valence-electron chi connectivity index (χ2n) is 3.89. The largest absolute Gasteiger partial charge is 0.149 e. The maximum atomic E-state index is 3.70. The van der Waals surface area contributed by atoms with Crippen molar-refractivity contribution >= 4 is 27.3 Å². The van der Waals surface area contributed by atoms with Gasteiger partial charge in [0, 0.05) is 9.70 Å². The molecule has 2 unspecified atom stereocenters. The van der Waals surface area contributed by atoms with E-state index in [1.165, 1.54) is 32.1 Å². The minimum atomic E-state index is 0.806. The van der Waals surface area contributed by atoms with Crippen LogP contribution >= 0.6 is 27.3 Å². The zero-order valence-corrected chi connectivity index (χ0v) is 10.1. The smallest absolute Gasteiger partial charge is 0.0148 e. The maximum absolute atomic E-state index is 3.70. The number of alkyl halides is 1. The normalized spacial score (nSPS) is 28.1. The summed E-state index contributed by atoms with van der Waals surface area (Å²) in [6, 6.07) is 4.41. The van der Waals surface area contributed by atoms with Crippen molar-refractivity contribution in [1.29, 1.82) is 0 Å². The predicted molar refractivity (Wildman–Crippen MR) is 62.7 cm³/mol. The van der Waals surface area contributed by atoms with Gasteiger partial charge in [0.25, 0.3) is 0 Å². The van der Waals surface area contributed by atoms with E-state index in [4.69, 9.17) is 0 Å².